The van der Waals surface area contributed by atoms with E-state index in [0.29, 0.717) is 6.54 Å². The van der Waals surface area contributed by atoms with Crippen LogP contribution >= 0.6 is 15.9 Å². The molecule has 2 N–H and O–H groups in total. The van der Waals surface area contributed by atoms with E-state index in [0.717, 1.165) is 15.7 Å². The number of carbonyl (C=O) groups is 1. The number of nitrogens with one attached hydrogen (secondary N) is 1. The molecule has 0 bridgehead atoms. The average Bonchev–Trinajstić information content (AvgIpc) is 2.38. The number of nitrogens with zero attached hydrogens (tertiary/aromatic N) is 1. The standard InChI is InChI=1S/C13H11BrN2O2/c14-10-3-1-9(2-4-10)7-15-11-5-6-12(13(17)18)16-8-11/h1-6,8,15H,7H2,(H,17,18). The smallest absolute Gasteiger partial charge is 0.354 e. The van der Waals surface area contributed by atoms with Gasteiger partial charge >= 0.3 is 5.97 Å². The van der Waals surface area contributed by atoms with Gasteiger partial charge in [-0.3, -0.25) is 0 Å². The summed E-state index contributed by atoms with van der Waals surface area (Å²) in [6, 6.07) is 11.2. The molecule has 0 aliphatic rings. The Balaban J connectivity index is 1.97. The highest BCUT2D eigenvalue weighted by molar-refractivity contribution is 9.10. The lowest BCUT2D eigenvalue weighted by atomic mass is 10.2. The van der Waals surface area contributed by atoms with E-state index in [4.69, 9.17) is 5.11 Å². The van der Waals surface area contributed by atoms with Crippen molar-refractivity contribution in [2.75, 3.05) is 5.32 Å². The fourth-order valence-electron chi connectivity index (χ4n) is 1.43. The summed E-state index contributed by atoms with van der Waals surface area (Å²) in [7, 11) is 0. The van der Waals surface area contributed by atoms with Crippen molar-refractivity contribution in [1.29, 1.82) is 0 Å². The molecule has 4 nitrogen and oxygen atoms in total. The minimum Gasteiger partial charge on any atom is -0.477 e. The van der Waals surface area contributed by atoms with Gasteiger partial charge in [-0.1, -0.05) is 28.1 Å². The SMILES string of the molecule is O=C(O)c1ccc(NCc2ccc(Br)cc2)cn1. The number of hydrogen-bond donors (Lipinski definition) is 2. The second-order valence-electron chi connectivity index (χ2n) is 3.72. The molecule has 0 spiro atoms. The molecule has 1 aromatic heterocycles. The first-order chi connectivity index (χ1) is 8.65. The topological polar surface area (TPSA) is 62.2 Å². The van der Waals surface area contributed by atoms with Crippen LogP contribution < -0.4 is 5.32 Å². The quantitative estimate of drug-likeness (QED) is 0.911. The summed E-state index contributed by atoms with van der Waals surface area (Å²) in [6.45, 7) is 0.668. The summed E-state index contributed by atoms with van der Waals surface area (Å²) >= 11 is 3.38. The lowest BCUT2D eigenvalue weighted by molar-refractivity contribution is 0.0690. The van der Waals surface area contributed by atoms with Crippen molar-refractivity contribution in [2.45, 2.75) is 6.54 Å². The van der Waals surface area contributed by atoms with Gasteiger partial charge < -0.3 is 10.4 Å². The van der Waals surface area contributed by atoms with Gasteiger partial charge in [-0.15, -0.1) is 0 Å². The van der Waals surface area contributed by atoms with Crippen molar-refractivity contribution in [2.24, 2.45) is 0 Å². The fourth-order valence-corrected chi connectivity index (χ4v) is 1.70. The number of carboxylic acids is 1. The van der Waals surface area contributed by atoms with Crippen LogP contribution in [0, 0.1) is 0 Å². The van der Waals surface area contributed by atoms with Crippen LogP contribution in [0.15, 0.2) is 47.1 Å². The van der Waals surface area contributed by atoms with Gasteiger partial charge in [0.25, 0.3) is 0 Å². The van der Waals surface area contributed by atoms with Crippen LogP contribution in [-0.4, -0.2) is 16.1 Å². The fraction of sp³-hybridized carbons (Fsp3) is 0.0769. The molecule has 0 unspecified atom stereocenters. The maximum Gasteiger partial charge on any atom is 0.354 e. The second kappa shape index (κ2) is 5.64. The average molecular weight is 307 g/mol. The van der Waals surface area contributed by atoms with E-state index in [1.165, 1.54) is 12.3 Å². The maximum atomic E-state index is 10.6. The van der Waals surface area contributed by atoms with Gasteiger partial charge in [0.2, 0.25) is 0 Å². The molecule has 1 heterocycles. The van der Waals surface area contributed by atoms with Crippen molar-refractivity contribution < 1.29 is 9.90 Å². The molecule has 0 aliphatic carbocycles. The van der Waals surface area contributed by atoms with Gasteiger partial charge in [0, 0.05) is 11.0 Å². The number of carboxylic acid groups (broad SMARTS) is 1. The third-order valence-corrected chi connectivity index (χ3v) is 2.92. The predicted molar refractivity (Wildman–Crippen MR) is 72.7 cm³/mol. The van der Waals surface area contributed by atoms with Crippen LogP contribution in [0.2, 0.25) is 0 Å². The molecule has 0 atom stereocenters. The van der Waals surface area contributed by atoms with E-state index in [2.05, 4.69) is 26.2 Å². The van der Waals surface area contributed by atoms with Crippen LogP contribution in [0.4, 0.5) is 5.69 Å². The zero-order valence-corrected chi connectivity index (χ0v) is 11.0. The van der Waals surface area contributed by atoms with Gasteiger partial charge in [0.15, 0.2) is 0 Å². The third kappa shape index (κ3) is 3.30. The molecule has 5 heteroatoms. The largest absolute Gasteiger partial charge is 0.477 e. The summed E-state index contributed by atoms with van der Waals surface area (Å²) in [6.07, 6.45) is 1.52. The molecule has 18 heavy (non-hydrogen) atoms. The molecule has 0 fully saturated rings. The number of aromatic nitrogens is 1. The second-order valence-corrected chi connectivity index (χ2v) is 4.63. The highest BCUT2D eigenvalue weighted by Crippen LogP contribution is 2.12. The molecule has 2 aromatic rings. The first kappa shape index (κ1) is 12.6. The van der Waals surface area contributed by atoms with Crippen molar-refractivity contribution in [3.05, 3.63) is 58.3 Å². The number of benzene rings is 1. The van der Waals surface area contributed by atoms with Crippen LogP contribution in [0.1, 0.15) is 16.1 Å². The molecule has 1 aromatic carbocycles. The third-order valence-electron chi connectivity index (χ3n) is 2.39. The lowest BCUT2D eigenvalue weighted by Crippen LogP contribution is -2.03. The summed E-state index contributed by atoms with van der Waals surface area (Å²) in [5.74, 6) is -1.02. The van der Waals surface area contributed by atoms with Gasteiger partial charge in [0.05, 0.1) is 11.9 Å². The Morgan fingerprint density at radius 1 is 1.22 bits per heavy atom. The molecule has 0 aliphatic heterocycles. The van der Waals surface area contributed by atoms with Crippen LogP contribution in [0.5, 0.6) is 0 Å². The molecular weight excluding hydrogens is 296 g/mol. The zero-order valence-electron chi connectivity index (χ0n) is 9.43. The highest BCUT2D eigenvalue weighted by atomic mass is 79.9. The number of anilines is 1. The summed E-state index contributed by atoms with van der Waals surface area (Å²) < 4.78 is 1.04. The number of halogens is 1. The van der Waals surface area contributed by atoms with E-state index >= 15 is 0 Å². The first-order valence-electron chi connectivity index (χ1n) is 5.33. The number of hydrogen-bond acceptors (Lipinski definition) is 3. The normalized spacial score (nSPS) is 10.1. The van der Waals surface area contributed by atoms with E-state index in [1.54, 1.807) is 6.07 Å². The van der Waals surface area contributed by atoms with Gasteiger partial charge in [-0.25, -0.2) is 9.78 Å². The summed E-state index contributed by atoms with van der Waals surface area (Å²) in [4.78, 5) is 14.5. The van der Waals surface area contributed by atoms with Crippen LogP contribution in [0.3, 0.4) is 0 Å². The highest BCUT2D eigenvalue weighted by Gasteiger charge is 2.03. The summed E-state index contributed by atoms with van der Waals surface area (Å²) in [5.41, 5.74) is 1.98. The van der Waals surface area contributed by atoms with E-state index in [9.17, 15) is 4.79 Å². The van der Waals surface area contributed by atoms with Crippen LogP contribution in [-0.2, 0) is 6.54 Å². The number of aromatic carboxylic acids is 1. The van der Waals surface area contributed by atoms with Gasteiger partial charge in [-0.2, -0.15) is 0 Å². The Hall–Kier alpha value is -1.88. The molecule has 2 rings (SSSR count). The molecule has 0 amide bonds. The van der Waals surface area contributed by atoms with Gasteiger partial charge in [-0.05, 0) is 29.8 Å². The summed E-state index contributed by atoms with van der Waals surface area (Å²) in [5, 5.41) is 11.9. The van der Waals surface area contributed by atoms with Crippen LogP contribution in [0.25, 0.3) is 0 Å². The first-order valence-corrected chi connectivity index (χ1v) is 6.12. The Labute approximate surface area is 113 Å². The zero-order chi connectivity index (χ0) is 13.0. The van der Waals surface area contributed by atoms with Crippen molar-refractivity contribution in [1.82, 2.24) is 4.98 Å². The Morgan fingerprint density at radius 2 is 1.94 bits per heavy atom. The van der Waals surface area contributed by atoms with E-state index in [-0.39, 0.29) is 5.69 Å². The lowest BCUT2D eigenvalue weighted by Gasteiger charge is -2.06. The van der Waals surface area contributed by atoms with E-state index in [1.807, 2.05) is 24.3 Å². The number of rotatable bonds is 4. The minimum absolute atomic E-state index is 0.0455. The maximum absolute atomic E-state index is 10.6. The molecule has 0 radical (unpaired) electrons. The Kier molecular flexibility index (Phi) is 3.94. The Bertz CT molecular complexity index is 538. The van der Waals surface area contributed by atoms with Crippen molar-refractivity contribution >= 4 is 27.6 Å². The van der Waals surface area contributed by atoms with Crippen molar-refractivity contribution in [3.8, 4) is 0 Å². The van der Waals surface area contributed by atoms with Gasteiger partial charge in [0.1, 0.15) is 5.69 Å². The Morgan fingerprint density at radius 3 is 2.50 bits per heavy atom. The molecule has 92 valence electrons. The van der Waals surface area contributed by atoms with Crippen molar-refractivity contribution in [3.63, 3.8) is 0 Å². The molecular formula is C13H11BrN2O2. The minimum atomic E-state index is -1.02. The molecule has 0 saturated heterocycles. The predicted octanol–water partition coefficient (Wildman–Crippen LogP) is 3.15. The molecule has 0 saturated carbocycles. The number of pyridine rings is 1. The van der Waals surface area contributed by atoms with E-state index < -0.39 is 5.97 Å². The monoisotopic (exact) mass is 306 g/mol.